The Morgan fingerprint density at radius 1 is 0.424 bits per heavy atom. The number of furan rings is 1. The molecule has 0 spiro atoms. The highest BCUT2D eigenvalue weighted by Gasteiger charge is 2.34. The van der Waals surface area contributed by atoms with Gasteiger partial charge in [0.15, 0.2) is 0 Å². The molecular formula is C86H92N4O2. The van der Waals surface area contributed by atoms with Crippen molar-refractivity contribution in [2.75, 3.05) is 16.5 Å². The predicted octanol–water partition coefficient (Wildman–Crippen LogP) is 24.9. The maximum atomic E-state index is 7.46. The molecule has 6 nitrogen and oxygen atoms in total. The monoisotopic (exact) mass is 1210 g/mol. The van der Waals surface area contributed by atoms with Crippen LogP contribution in [-0.4, -0.2) is 16.2 Å². The third-order valence-corrected chi connectivity index (χ3v) is 19.2. The van der Waals surface area contributed by atoms with Crippen molar-refractivity contribution in [3.8, 4) is 50.7 Å². The van der Waals surface area contributed by atoms with Gasteiger partial charge in [0, 0.05) is 51.3 Å². The first-order valence-electron chi connectivity index (χ1n) is 33.3. The topological polar surface area (TPSA) is 46.7 Å². The molecule has 9 aromatic carbocycles. The van der Waals surface area contributed by atoms with Gasteiger partial charge in [0.1, 0.15) is 35.2 Å². The van der Waals surface area contributed by atoms with Gasteiger partial charge in [-0.3, -0.25) is 4.57 Å². The first kappa shape index (κ1) is 62.0. The van der Waals surface area contributed by atoms with Crippen LogP contribution in [0.3, 0.4) is 0 Å². The Morgan fingerprint density at radius 3 is 1.52 bits per heavy atom. The van der Waals surface area contributed by atoms with Gasteiger partial charge in [-0.25, -0.2) is 4.98 Å². The minimum atomic E-state index is -0.0932. The van der Waals surface area contributed by atoms with Crippen molar-refractivity contribution in [3.63, 3.8) is 0 Å². The number of hydrogen-bond acceptors (Lipinski definition) is 5. The van der Waals surface area contributed by atoms with Crippen LogP contribution >= 0.6 is 0 Å². The molecule has 0 amide bonds. The summed E-state index contributed by atoms with van der Waals surface area (Å²) >= 11 is 0. The molecule has 0 N–H and O–H groups in total. The van der Waals surface area contributed by atoms with Crippen molar-refractivity contribution < 1.29 is 9.15 Å². The number of hydrogen-bond donors (Lipinski definition) is 0. The molecule has 0 bridgehead atoms. The Kier molecular flexibility index (Phi) is 15.1. The molecule has 0 radical (unpaired) electrons. The van der Waals surface area contributed by atoms with Gasteiger partial charge in [0.2, 0.25) is 0 Å². The summed E-state index contributed by atoms with van der Waals surface area (Å²) in [5, 5.41) is 4.30. The molecule has 0 aliphatic carbocycles. The number of rotatable bonds is 10. The van der Waals surface area contributed by atoms with E-state index >= 15 is 0 Å². The smallest absolute Gasteiger partial charge is 0.145 e. The van der Waals surface area contributed by atoms with E-state index in [0.717, 1.165) is 83.7 Å². The van der Waals surface area contributed by atoms with E-state index in [2.05, 4.69) is 322 Å². The van der Waals surface area contributed by atoms with Gasteiger partial charge in [-0.15, -0.1) is 0 Å². The first-order valence-corrected chi connectivity index (χ1v) is 33.3. The number of benzene rings is 9. The largest absolute Gasteiger partial charge is 0.457 e. The second kappa shape index (κ2) is 22.5. The average Bonchev–Trinajstić information content (AvgIpc) is 1.55. The van der Waals surface area contributed by atoms with E-state index < -0.39 is 0 Å². The Morgan fingerprint density at radius 2 is 0.957 bits per heavy atom. The molecule has 3 aromatic heterocycles. The van der Waals surface area contributed by atoms with E-state index in [9.17, 15) is 0 Å². The van der Waals surface area contributed by atoms with Crippen LogP contribution in [0.2, 0.25) is 0 Å². The van der Waals surface area contributed by atoms with Crippen molar-refractivity contribution in [3.05, 3.63) is 227 Å². The highest BCUT2D eigenvalue weighted by molar-refractivity contribution is 6.24. The van der Waals surface area contributed by atoms with Gasteiger partial charge in [-0.05, 0) is 167 Å². The van der Waals surface area contributed by atoms with Crippen LogP contribution in [0.1, 0.15) is 182 Å². The average molecular weight is 1210 g/mol. The summed E-state index contributed by atoms with van der Waals surface area (Å²) < 4.78 is 16.6. The second-order valence-electron chi connectivity index (χ2n) is 31.8. The fourth-order valence-corrected chi connectivity index (χ4v) is 13.8. The van der Waals surface area contributed by atoms with Crippen molar-refractivity contribution in [1.29, 1.82) is 0 Å². The summed E-state index contributed by atoms with van der Waals surface area (Å²) in [5.74, 6) is 2.86. The van der Waals surface area contributed by atoms with Gasteiger partial charge in [0.05, 0.1) is 33.5 Å². The fourth-order valence-electron chi connectivity index (χ4n) is 13.8. The molecule has 6 heteroatoms. The quantitative estimate of drug-likeness (QED) is 0.137. The van der Waals surface area contributed by atoms with Gasteiger partial charge >= 0.3 is 0 Å². The standard InChI is InChI=1S/C86H92N4O2/c1-52(2)65-27-24-28-66(53(3)4)78(65)56-44-62(49-64(45-56)91-63-34-35-71-75(50-63)90(77-48-57(38-39-87-77)82(5,6)7)74-37-36-70-69-26-20-23-33-76(69)92-81(70)79(71)74)88-51-89(73-32-22-21-31-72(73)88)80-67(54-40-58(83(8,9)10)46-59(41-54)84(11,12)13)29-25-30-68(80)55-42-60(85(14,15)16)47-61(43-55)86(17,18)19/h20-50,52-53H,51H2,1-19H3. The third-order valence-electron chi connectivity index (χ3n) is 19.2. The molecule has 0 saturated carbocycles. The number of nitrogens with zero attached hydrogens (tertiary/aromatic N) is 4. The maximum Gasteiger partial charge on any atom is 0.145 e. The molecule has 0 unspecified atom stereocenters. The van der Waals surface area contributed by atoms with Crippen LogP contribution in [-0.2, 0) is 27.1 Å². The minimum Gasteiger partial charge on any atom is -0.457 e. The van der Waals surface area contributed by atoms with Crippen LogP contribution in [0.4, 0.5) is 22.7 Å². The molecule has 92 heavy (non-hydrogen) atoms. The molecule has 1 aliphatic heterocycles. The Labute approximate surface area is 546 Å². The lowest BCUT2D eigenvalue weighted by molar-refractivity contribution is 0.483. The summed E-state index contributed by atoms with van der Waals surface area (Å²) in [5.41, 5.74) is 24.2. The molecule has 13 rings (SSSR count). The molecule has 468 valence electrons. The van der Waals surface area contributed by atoms with E-state index in [1.54, 1.807) is 0 Å². The molecule has 0 saturated heterocycles. The predicted molar refractivity (Wildman–Crippen MR) is 392 cm³/mol. The van der Waals surface area contributed by atoms with Gasteiger partial charge in [0.25, 0.3) is 0 Å². The Bertz CT molecular complexity index is 4670. The van der Waals surface area contributed by atoms with E-state index in [1.807, 2.05) is 12.3 Å². The van der Waals surface area contributed by atoms with Crippen molar-refractivity contribution >= 4 is 66.5 Å². The Hall–Kier alpha value is -8.87. The van der Waals surface area contributed by atoms with Crippen LogP contribution in [0.15, 0.2) is 193 Å². The summed E-state index contributed by atoms with van der Waals surface area (Å²) in [6, 6.07) is 68.3. The van der Waals surface area contributed by atoms with E-state index in [0.29, 0.717) is 6.67 Å². The summed E-state index contributed by atoms with van der Waals surface area (Å²) in [6.45, 7) is 44.7. The highest BCUT2D eigenvalue weighted by atomic mass is 16.5. The Balaban J connectivity index is 1.03. The highest BCUT2D eigenvalue weighted by Crippen LogP contribution is 2.53. The number of pyridine rings is 1. The molecule has 0 fully saturated rings. The maximum absolute atomic E-state index is 7.46. The van der Waals surface area contributed by atoms with Crippen LogP contribution in [0.25, 0.3) is 82.9 Å². The number of fused-ring (bicyclic) bond motifs is 8. The zero-order valence-electron chi connectivity index (χ0n) is 57.9. The number of para-hydroxylation sites is 4. The molecule has 1 aliphatic rings. The molecule has 0 atom stereocenters. The number of ether oxygens (including phenoxy) is 1. The van der Waals surface area contributed by atoms with Crippen molar-refractivity contribution in [2.45, 2.75) is 170 Å². The van der Waals surface area contributed by atoms with E-state index in [1.165, 1.54) is 72.4 Å². The second-order valence-corrected chi connectivity index (χ2v) is 31.8. The lowest BCUT2D eigenvalue weighted by Crippen LogP contribution is -2.25. The molecule has 12 aromatic rings. The van der Waals surface area contributed by atoms with Gasteiger partial charge < -0.3 is 19.0 Å². The minimum absolute atomic E-state index is 0.0798. The van der Waals surface area contributed by atoms with Crippen molar-refractivity contribution in [2.24, 2.45) is 0 Å². The normalized spacial score (nSPS) is 13.5. The summed E-state index contributed by atoms with van der Waals surface area (Å²) in [7, 11) is 0. The van der Waals surface area contributed by atoms with Crippen LogP contribution < -0.4 is 14.5 Å². The van der Waals surface area contributed by atoms with E-state index in [-0.39, 0.29) is 38.9 Å². The zero-order valence-corrected chi connectivity index (χ0v) is 57.9. The van der Waals surface area contributed by atoms with Crippen molar-refractivity contribution in [1.82, 2.24) is 9.55 Å². The number of anilines is 4. The molecular weight excluding hydrogens is 1120 g/mol. The lowest BCUT2D eigenvalue weighted by atomic mass is 9.77. The van der Waals surface area contributed by atoms with Crippen LogP contribution in [0.5, 0.6) is 11.5 Å². The SMILES string of the molecule is CC(C)c1cccc(C(C)C)c1-c1cc(Oc2ccc3c4c5oc6ccccc6c5ccc4n(-c4cc(C(C)(C)C)ccn4)c3c2)cc(N2CN(c3c(-c4cc(C(C)(C)C)cc(C(C)(C)C)c4)cccc3-c3cc(C(C)(C)C)cc(C(C)(C)C)c3)c3ccccc32)c1. The van der Waals surface area contributed by atoms with Gasteiger partial charge in [-0.1, -0.05) is 235 Å². The first-order chi connectivity index (χ1) is 43.4. The number of aromatic nitrogens is 2. The molecule has 4 heterocycles. The summed E-state index contributed by atoms with van der Waals surface area (Å²) in [4.78, 5) is 10.2. The summed E-state index contributed by atoms with van der Waals surface area (Å²) in [6.07, 6.45) is 1.94. The third kappa shape index (κ3) is 11.3. The lowest BCUT2D eigenvalue weighted by Gasteiger charge is -2.31. The fraction of sp³-hybridized carbons (Fsp3) is 0.314. The van der Waals surface area contributed by atoms with E-state index in [4.69, 9.17) is 14.1 Å². The van der Waals surface area contributed by atoms with Gasteiger partial charge in [-0.2, -0.15) is 0 Å². The van der Waals surface area contributed by atoms with Crippen LogP contribution in [0, 0.1) is 0 Å². The zero-order chi connectivity index (χ0) is 65.3.